The maximum absolute atomic E-state index is 12.4. The van der Waals surface area contributed by atoms with Crippen molar-refractivity contribution in [3.63, 3.8) is 0 Å². The van der Waals surface area contributed by atoms with Crippen molar-refractivity contribution in [3.8, 4) is 11.5 Å². The van der Waals surface area contributed by atoms with Gasteiger partial charge in [0.1, 0.15) is 29.5 Å². The van der Waals surface area contributed by atoms with Crippen LogP contribution in [0.4, 0.5) is 11.6 Å². The predicted molar refractivity (Wildman–Crippen MR) is 147 cm³/mol. The van der Waals surface area contributed by atoms with Gasteiger partial charge in [0.2, 0.25) is 0 Å². The fourth-order valence-electron chi connectivity index (χ4n) is 4.19. The Balaban J connectivity index is 1.55. The summed E-state index contributed by atoms with van der Waals surface area (Å²) in [6.07, 6.45) is 4.66. The van der Waals surface area contributed by atoms with E-state index in [-0.39, 0.29) is 11.9 Å². The van der Waals surface area contributed by atoms with Gasteiger partial charge in [-0.2, -0.15) is 0 Å². The smallest absolute Gasteiger partial charge is 0.260 e. The number of carbonyl (C=O) groups is 1. The van der Waals surface area contributed by atoms with E-state index in [1.54, 1.807) is 4.90 Å². The summed E-state index contributed by atoms with van der Waals surface area (Å²) in [6.45, 7) is 6.95. The molecule has 3 aromatic rings. The predicted octanol–water partition coefficient (Wildman–Crippen LogP) is 4.82. The number of halogens is 1. The first-order valence-electron chi connectivity index (χ1n) is 11.6. The zero-order chi connectivity index (χ0) is 25.7. The molecule has 186 valence electrons. The maximum atomic E-state index is 12.4. The van der Waals surface area contributed by atoms with E-state index in [2.05, 4.69) is 37.8 Å². The lowest BCUT2D eigenvalue weighted by molar-refractivity contribution is -0.127. The highest BCUT2D eigenvalue weighted by molar-refractivity contribution is 9.12. The first kappa shape index (κ1) is 25.2. The van der Waals surface area contributed by atoms with Crippen molar-refractivity contribution in [2.24, 2.45) is 5.73 Å². The van der Waals surface area contributed by atoms with Gasteiger partial charge in [-0.05, 0) is 65.5 Å². The van der Waals surface area contributed by atoms with Crippen LogP contribution in [0, 0.1) is 6.92 Å². The van der Waals surface area contributed by atoms with Crippen LogP contribution in [0.2, 0.25) is 0 Å². The Hall–Kier alpha value is -3.85. The number of nitrogens with zero attached hydrogens (tertiary/aromatic N) is 3. The van der Waals surface area contributed by atoms with E-state index in [1.165, 1.54) is 18.1 Å². The van der Waals surface area contributed by atoms with Gasteiger partial charge in [-0.15, -0.1) is 0 Å². The molecule has 8 nitrogen and oxygen atoms in total. The molecule has 1 saturated heterocycles. The molecule has 1 atom stereocenters. The van der Waals surface area contributed by atoms with Gasteiger partial charge in [0.15, 0.2) is 0 Å². The van der Waals surface area contributed by atoms with E-state index < -0.39 is 0 Å². The molecule has 1 fully saturated rings. The molecular formula is C27H29BrN6O2. The number of aromatic nitrogens is 2. The molecule has 4 rings (SSSR count). The first-order valence-corrected chi connectivity index (χ1v) is 12.4. The minimum absolute atomic E-state index is 0.00749. The quantitative estimate of drug-likeness (QED) is 0.362. The molecule has 2 aromatic carbocycles. The van der Waals surface area contributed by atoms with Crippen LogP contribution in [0.15, 0.2) is 72.1 Å². The summed E-state index contributed by atoms with van der Waals surface area (Å²) >= 11 is 3.19. The van der Waals surface area contributed by atoms with Crippen LogP contribution in [-0.4, -0.2) is 39.9 Å². The third kappa shape index (κ3) is 5.85. The number of rotatable bonds is 7. The molecule has 36 heavy (non-hydrogen) atoms. The zero-order valence-corrected chi connectivity index (χ0v) is 21.7. The van der Waals surface area contributed by atoms with Gasteiger partial charge in [-0.25, -0.2) is 9.97 Å². The number of likely N-dealkylation sites (tertiary alicyclic amines) is 1. The number of nitrogens with two attached hydrogens (primary N) is 2. The van der Waals surface area contributed by atoms with Crippen molar-refractivity contribution >= 4 is 39.0 Å². The summed E-state index contributed by atoms with van der Waals surface area (Å²) in [5.74, 6) is 2.23. The van der Waals surface area contributed by atoms with E-state index >= 15 is 0 Å². The molecule has 2 heterocycles. The van der Waals surface area contributed by atoms with Crippen molar-refractivity contribution in [1.82, 2.24) is 14.9 Å². The molecule has 5 N–H and O–H groups in total. The molecule has 0 saturated carbocycles. The number of nitrogen functional groups attached to an aromatic ring is 1. The molecule has 0 aliphatic carbocycles. The number of aryl methyl sites for hydroxylation is 1. The number of carbonyl (C=O) groups excluding carboxylic acids is 1. The molecule has 1 aromatic heterocycles. The summed E-state index contributed by atoms with van der Waals surface area (Å²) in [7, 11) is 0. The second kappa shape index (κ2) is 11.3. The monoisotopic (exact) mass is 548 g/mol. The van der Waals surface area contributed by atoms with Crippen LogP contribution in [0.3, 0.4) is 0 Å². The third-order valence-electron chi connectivity index (χ3n) is 6.02. The fourth-order valence-corrected chi connectivity index (χ4v) is 4.44. The van der Waals surface area contributed by atoms with Crippen LogP contribution in [-0.2, 0) is 4.79 Å². The lowest BCUT2D eigenvalue weighted by Gasteiger charge is -2.33. The number of amides is 1. The van der Waals surface area contributed by atoms with Crippen LogP contribution in [0.5, 0.6) is 11.5 Å². The standard InChI is InChI=1S/C27H29BrN6O2/c1-17-5-9-21(10-6-17)36-22-11-7-19(8-12-22)23(14-29)24-25(30)31-16-32-26(24)33-20-4-3-13-34(15-20)27(35)18(2)28/h5-12,14,16,20H,2-4,13,15,29H2,1H3,(H3,30,31,32,33)/t20-/m1/s1. The highest BCUT2D eigenvalue weighted by Crippen LogP contribution is 2.33. The van der Waals surface area contributed by atoms with E-state index in [4.69, 9.17) is 16.2 Å². The molecule has 1 amide bonds. The highest BCUT2D eigenvalue weighted by atomic mass is 79.9. The van der Waals surface area contributed by atoms with Gasteiger partial charge in [0.25, 0.3) is 5.91 Å². The molecule has 0 bridgehead atoms. The average Bonchev–Trinajstić information content (AvgIpc) is 2.88. The lowest BCUT2D eigenvalue weighted by Crippen LogP contribution is -2.45. The summed E-state index contributed by atoms with van der Waals surface area (Å²) < 4.78 is 6.29. The first-order chi connectivity index (χ1) is 17.4. The van der Waals surface area contributed by atoms with Crippen molar-refractivity contribution in [3.05, 3.63) is 88.8 Å². The fraction of sp³-hybridized carbons (Fsp3) is 0.222. The molecular weight excluding hydrogens is 520 g/mol. The largest absolute Gasteiger partial charge is 0.457 e. The van der Waals surface area contributed by atoms with Crippen LogP contribution < -0.4 is 21.5 Å². The summed E-state index contributed by atoms with van der Waals surface area (Å²) in [5, 5.41) is 3.46. The third-order valence-corrected chi connectivity index (χ3v) is 6.36. The van der Waals surface area contributed by atoms with E-state index in [0.717, 1.165) is 24.2 Å². The number of ether oxygens (including phenoxy) is 1. The second-order valence-corrected chi connectivity index (χ2v) is 9.60. The SMILES string of the molecule is C=C(Br)C(=O)N1CCC[C@@H](Nc2ncnc(N)c2C(=CN)c2ccc(Oc3ccc(C)cc3)cc2)C1. The number of piperidine rings is 1. The second-order valence-electron chi connectivity index (χ2n) is 8.64. The summed E-state index contributed by atoms with van der Waals surface area (Å²) in [5.41, 5.74) is 15.7. The minimum atomic E-state index is -0.112. The van der Waals surface area contributed by atoms with Crippen LogP contribution in [0.25, 0.3) is 5.57 Å². The molecule has 1 aliphatic heterocycles. The molecule has 1 aliphatic rings. The normalized spacial score (nSPS) is 15.9. The van der Waals surface area contributed by atoms with Gasteiger partial charge in [0.05, 0.1) is 10.0 Å². The number of anilines is 2. The Morgan fingerprint density at radius 3 is 2.47 bits per heavy atom. The van der Waals surface area contributed by atoms with E-state index in [1.807, 2.05) is 55.5 Å². The van der Waals surface area contributed by atoms with E-state index in [9.17, 15) is 4.79 Å². The summed E-state index contributed by atoms with van der Waals surface area (Å²) in [4.78, 5) is 22.8. The van der Waals surface area contributed by atoms with Gasteiger partial charge < -0.3 is 26.4 Å². The van der Waals surface area contributed by atoms with Gasteiger partial charge in [-0.3, -0.25) is 4.79 Å². The highest BCUT2D eigenvalue weighted by Gasteiger charge is 2.26. The number of hydrogen-bond acceptors (Lipinski definition) is 7. The average molecular weight is 549 g/mol. The Morgan fingerprint density at radius 2 is 1.83 bits per heavy atom. The molecule has 0 radical (unpaired) electrons. The summed E-state index contributed by atoms with van der Waals surface area (Å²) in [6, 6.07) is 15.5. The Labute approximate surface area is 219 Å². The van der Waals surface area contributed by atoms with Gasteiger partial charge in [-0.1, -0.05) is 36.4 Å². The van der Waals surface area contributed by atoms with Crippen LogP contribution in [0.1, 0.15) is 29.5 Å². The number of benzene rings is 2. The van der Waals surface area contributed by atoms with Crippen molar-refractivity contribution in [2.45, 2.75) is 25.8 Å². The molecule has 0 unspecified atom stereocenters. The lowest BCUT2D eigenvalue weighted by atomic mass is 9.98. The van der Waals surface area contributed by atoms with Gasteiger partial charge in [0, 0.05) is 30.9 Å². The van der Waals surface area contributed by atoms with Crippen LogP contribution >= 0.6 is 15.9 Å². The maximum Gasteiger partial charge on any atom is 0.260 e. The minimum Gasteiger partial charge on any atom is -0.457 e. The van der Waals surface area contributed by atoms with E-state index in [0.29, 0.717) is 46.1 Å². The molecule has 0 spiro atoms. The van der Waals surface area contributed by atoms with Crippen molar-refractivity contribution in [1.29, 1.82) is 0 Å². The van der Waals surface area contributed by atoms with Gasteiger partial charge >= 0.3 is 0 Å². The molecule has 9 heteroatoms. The topological polar surface area (TPSA) is 119 Å². The van der Waals surface area contributed by atoms with Crippen molar-refractivity contribution < 1.29 is 9.53 Å². The van der Waals surface area contributed by atoms with Crippen molar-refractivity contribution in [2.75, 3.05) is 24.1 Å². The Morgan fingerprint density at radius 1 is 1.17 bits per heavy atom. The number of nitrogens with one attached hydrogen (secondary N) is 1. The Kier molecular flexibility index (Phi) is 7.90. The number of hydrogen-bond donors (Lipinski definition) is 3. The zero-order valence-electron chi connectivity index (χ0n) is 20.1. The Bertz CT molecular complexity index is 1270.